The molecule has 164 valence electrons. The number of pyridine rings is 2. The van der Waals surface area contributed by atoms with Crippen LogP contribution in [0.5, 0.6) is 5.88 Å². The molecule has 1 atom stereocenters. The van der Waals surface area contributed by atoms with Gasteiger partial charge in [-0.3, -0.25) is 9.78 Å². The topological polar surface area (TPSA) is 134 Å². The molecule has 4 rings (SSSR count). The molecule has 1 unspecified atom stereocenters. The Morgan fingerprint density at radius 1 is 1.23 bits per heavy atom. The van der Waals surface area contributed by atoms with Gasteiger partial charge in [0, 0.05) is 36.3 Å². The number of hydrogen-bond acceptors (Lipinski definition) is 8. The molecule has 1 fully saturated rings. The number of rotatable bonds is 5. The van der Waals surface area contributed by atoms with E-state index < -0.39 is 5.91 Å². The van der Waals surface area contributed by atoms with Crippen molar-refractivity contribution in [1.29, 1.82) is 0 Å². The van der Waals surface area contributed by atoms with Crippen molar-refractivity contribution in [1.82, 2.24) is 15.1 Å². The quantitative estimate of drug-likeness (QED) is 0.636. The van der Waals surface area contributed by atoms with Crippen molar-refractivity contribution in [3.8, 4) is 17.1 Å². The summed E-state index contributed by atoms with van der Waals surface area (Å²) in [4.78, 5) is 19.4. The van der Waals surface area contributed by atoms with E-state index in [1.807, 2.05) is 26.0 Å². The monoisotopic (exact) mass is 426 g/mol. The summed E-state index contributed by atoms with van der Waals surface area (Å²) in [5.41, 5.74) is 8.80. The molecule has 0 aromatic carbocycles. The third-order valence-electron chi connectivity index (χ3n) is 4.69. The predicted octanol–water partition coefficient (Wildman–Crippen LogP) is 2.58. The summed E-state index contributed by atoms with van der Waals surface area (Å²) >= 11 is 0. The lowest BCUT2D eigenvalue weighted by Crippen LogP contribution is -2.21. The van der Waals surface area contributed by atoms with Crippen LogP contribution < -0.4 is 10.5 Å². The molecule has 1 saturated heterocycles. The number of amides is 1. The smallest absolute Gasteiger partial charge is 0.250 e. The number of nitrogens with two attached hydrogens (primary N) is 1. The number of nitrogens with zero attached hydrogens (tertiary/aromatic N) is 3. The molecule has 9 heteroatoms. The fourth-order valence-corrected chi connectivity index (χ4v) is 2.88. The maximum Gasteiger partial charge on any atom is 0.250 e. The first-order chi connectivity index (χ1) is 14.9. The molecule has 0 aliphatic carbocycles. The summed E-state index contributed by atoms with van der Waals surface area (Å²) in [5, 5.41) is 12.9. The second-order valence-corrected chi connectivity index (χ2v) is 7.16. The summed E-state index contributed by atoms with van der Waals surface area (Å²) in [6.45, 7) is 5.35. The third-order valence-corrected chi connectivity index (χ3v) is 4.69. The zero-order valence-corrected chi connectivity index (χ0v) is 17.6. The van der Waals surface area contributed by atoms with E-state index >= 15 is 0 Å². The van der Waals surface area contributed by atoms with Crippen molar-refractivity contribution in [2.45, 2.75) is 39.4 Å². The summed E-state index contributed by atoms with van der Waals surface area (Å²) in [6.07, 6.45) is 4.87. The van der Waals surface area contributed by atoms with Gasteiger partial charge < -0.3 is 24.8 Å². The molecule has 1 aliphatic rings. The van der Waals surface area contributed by atoms with E-state index in [-0.39, 0.29) is 12.7 Å². The van der Waals surface area contributed by atoms with Crippen LogP contribution >= 0.6 is 0 Å². The van der Waals surface area contributed by atoms with Gasteiger partial charge >= 0.3 is 0 Å². The maximum atomic E-state index is 11.0. The average Bonchev–Trinajstić information content (AvgIpc) is 3.14. The second kappa shape index (κ2) is 10.6. The molecule has 4 heterocycles. The van der Waals surface area contributed by atoms with Gasteiger partial charge in [-0.1, -0.05) is 5.16 Å². The fraction of sp³-hybridized carbons (Fsp3) is 0.364. The van der Waals surface area contributed by atoms with Gasteiger partial charge in [-0.15, -0.1) is 0 Å². The Kier molecular flexibility index (Phi) is 7.69. The fourth-order valence-electron chi connectivity index (χ4n) is 2.88. The molecule has 0 spiro atoms. The van der Waals surface area contributed by atoms with Crippen molar-refractivity contribution in [3.63, 3.8) is 0 Å². The molecular formula is C22H26N4O5. The first-order valence-electron chi connectivity index (χ1n) is 9.96. The van der Waals surface area contributed by atoms with E-state index in [1.165, 1.54) is 6.20 Å². The zero-order valence-electron chi connectivity index (χ0n) is 17.6. The highest BCUT2D eigenvalue weighted by atomic mass is 16.5. The van der Waals surface area contributed by atoms with E-state index in [0.29, 0.717) is 29.5 Å². The minimum absolute atomic E-state index is 0.186. The number of hydrogen-bond donors (Lipinski definition) is 2. The van der Waals surface area contributed by atoms with Crippen LogP contribution in [0.4, 0.5) is 0 Å². The zero-order chi connectivity index (χ0) is 22.2. The number of aryl methyl sites for hydroxylation is 2. The Hall–Kier alpha value is -3.30. The number of carbonyl (C=O) groups is 1. The summed E-state index contributed by atoms with van der Waals surface area (Å²) in [7, 11) is 0. The van der Waals surface area contributed by atoms with Gasteiger partial charge in [-0.25, -0.2) is 4.98 Å². The van der Waals surface area contributed by atoms with Crippen LogP contribution in [-0.2, 0) is 11.3 Å². The van der Waals surface area contributed by atoms with Crippen molar-refractivity contribution in [2.24, 2.45) is 5.73 Å². The molecule has 3 aromatic heterocycles. The van der Waals surface area contributed by atoms with E-state index in [1.54, 1.807) is 18.3 Å². The van der Waals surface area contributed by atoms with Gasteiger partial charge in [0.25, 0.3) is 0 Å². The highest BCUT2D eigenvalue weighted by Gasteiger charge is 2.16. The van der Waals surface area contributed by atoms with Gasteiger partial charge in [0.05, 0.1) is 23.8 Å². The van der Waals surface area contributed by atoms with Crippen molar-refractivity contribution in [2.75, 3.05) is 13.2 Å². The SMILES string of the molecule is Cc1ccc(-c2noc(C)c2COc2ccc(C(N)=O)cn2)cn1.OC1CCCOC1. The van der Waals surface area contributed by atoms with Crippen molar-refractivity contribution < 1.29 is 23.9 Å². The molecule has 3 aromatic rings. The average molecular weight is 426 g/mol. The molecule has 0 radical (unpaired) electrons. The first-order valence-corrected chi connectivity index (χ1v) is 9.96. The Bertz CT molecular complexity index is 980. The number of aliphatic hydroxyl groups excluding tert-OH is 1. The highest BCUT2D eigenvalue weighted by molar-refractivity contribution is 5.92. The van der Waals surface area contributed by atoms with Gasteiger partial charge in [0.15, 0.2) is 0 Å². The van der Waals surface area contributed by atoms with Crippen molar-refractivity contribution in [3.05, 3.63) is 59.2 Å². The number of aromatic nitrogens is 3. The van der Waals surface area contributed by atoms with Gasteiger partial charge in [0.1, 0.15) is 18.1 Å². The number of carbonyl (C=O) groups excluding carboxylic acids is 1. The van der Waals surface area contributed by atoms with E-state index in [2.05, 4.69) is 15.1 Å². The standard InChI is InChI=1S/C17H16N4O3.C5H10O2/c1-10-3-4-12(7-19-10)16-14(11(2)24-21-16)9-23-15-6-5-13(8-20-15)17(18)22;6-5-2-1-3-7-4-5/h3-8H,9H2,1-2H3,(H2,18,22);5-6H,1-4H2. The Balaban J connectivity index is 0.000000330. The first kappa shape index (κ1) is 22.4. The molecule has 1 amide bonds. The highest BCUT2D eigenvalue weighted by Crippen LogP contribution is 2.26. The lowest BCUT2D eigenvalue weighted by atomic mass is 10.1. The summed E-state index contributed by atoms with van der Waals surface area (Å²) in [6, 6.07) is 7.00. The molecular weight excluding hydrogens is 400 g/mol. The van der Waals surface area contributed by atoms with Crippen LogP contribution in [0.2, 0.25) is 0 Å². The number of aliphatic hydroxyl groups is 1. The third kappa shape index (κ3) is 6.34. The summed E-state index contributed by atoms with van der Waals surface area (Å²) < 4.78 is 15.9. The largest absolute Gasteiger partial charge is 0.473 e. The Morgan fingerprint density at radius 2 is 2.06 bits per heavy atom. The molecule has 31 heavy (non-hydrogen) atoms. The van der Waals surface area contributed by atoms with Crippen LogP contribution in [-0.4, -0.2) is 45.5 Å². The van der Waals surface area contributed by atoms with Crippen LogP contribution in [0, 0.1) is 13.8 Å². The number of primary amides is 1. The lowest BCUT2D eigenvalue weighted by molar-refractivity contribution is -0.00535. The molecule has 0 saturated carbocycles. The molecule has 3 N–H and O–H groups in total. The van der Waals surface area contributed by atoms with Crippen molar-refractivity contribution >= 4 is 5.91 Å². The second-order valence-electron chi connectivity index (χ2n) is 7.16. The molecule has 9 nitrogen and oxygen atoms in total. The number of ether oxygens (including phenoxy) is 2. The van der Waals surface area contributed by atoms with Gasteiger partial charge in [-0.05, 0) is 44.9 Å². The van der Waals surface area contributed by atoms with Gasteiger partial charge in [-0.2, -0.15) is 0 Å². The Labute approximate surface area is 180 Å². The Morgan fingerprint density at radius 3 is 2.61 bits per heavy atom. The van der Waals surface area contributed by atoms with E-state index in [0.717, 1.165) is 36.3 Å². The maximum absolute atomic E-state index is 11.0. The normalized spacial score (nSPS) is 15.6. The van der Waals surface area contributed by atoms with Gasteiger partial charge in [0.2, 0.25) is 11.8 Å². The molecule has 0 bridgehead atoms. The summed E-state index contributed by atoms with van der Waals surface area (Å²) in [5.74, 6) is 0.519. The molecule has 1 aliphatic heterocycles. The van der Waals surface area contributed by atoms with Crippen LogP contribution in [0.1, 0.15) is 40.2 Å². The van der Waals surface area contributed by atoms with Crippen LogP contribution in [0.15, 0.2) is 41.2 Å². The van der Waals surface area contributed by atoms with Crippen LogP contribution in [0.3, 0.4) is 0 Å². The predicted molar refractivity (Wildman–Crippen MR) is 112 cm³/mol. The lowest BCUT2D eigenvalue weighted by Gasteiger charge is -2.15. The van der Waals surface area contributed by atoms with E-state index in [9.17, 15) is 4.79 Å². The minimum atomic E-state index is -0.530. The van der Waals surface area contributed by atoms with Crippen LogP contribution in [0.25, 0.3) is 11.3 Å². The van der Waals surface area contributed by atoms with E-state index in [4.69, 9.17) is 24.8 Å². The minimum Gasteiger partial charge on any atom is -0.473 e.